The molecule has 22 heteroatoms. The van der Waals surface area contributed by atoms with E-state index in [-0.39, 0.29) is 95.6 Å². The number of aliphatic hydroxyl groups excluding tert-OH is 2. The van der Waals surface area contributed by atoms with Gasteiger partial charge < -0.3 is 59.7 Å². The van der Waals surface area contributed by atoms with Crippen LogP contribution < -0.4 is 26.8 Å². The number of likely N-dealkylation sites (tertiary alicyclic amines) is 1. The third kappa shape index (κ3) is 18.4. The van der Waals surface area contributed by atoms with E-state index in [2.05, 4.69) is 79.1 Å². The van der Waals surface area contributed by atoms with Gasteiger partial charge in [-0.15, -0.1) is 11.3 Å². The van der Waals surface area contributed by atoms with Crippen LogP contribution >= 0.6 is 11.3 Å². The summed E-state index contributed by atoms with van der Waals surface area (Å²) in [7, 11) is 0. The summed E-state index contributed by atoms with van der Waals surface area (Å²) in [5.41, 5.74) is 8.33. The smallest absolute Gasteiger partial charge is 0.258 e. The lowest BCUT2D eigenvalue weighted by atomic mass is 9.85. The number of hydrogen-bond donors (Lipinski definition) is 7. The Bertz CT molecular complexity index is 3940. The second-order valence-corrected chi connectivity index (χ2v) is 27.1. The zero-order valence-corrected chi connectivity index (χ0v) is 56.1. The Morgan fingerprint density at radius 1 is 0.771 bits per heavy atom. The highest BCUT2D eigenvalue weighted by atomic mass is 32.1. The normalized spacial score (nSPS) is 18.1. The lowest BCUT2D eigenvalue weighted by molar-refractivity contribution is -0.145. The van der Waals surface area contributed by atoms with Crippen LogP contribution in [0.15, 0.2) is 121 Å². The van der Waals surface area contributed by atoms with Crippen molar-refractivity contribution < 1.29 is 52.8 Å². The minimum Gasteiger partial charge on any atom is -0.393 e. The molecule has 3 aromatic heterocycles. The number of halogens is 1. The van der Waals surface area contributed by atoms with Crippen LogP contribution in [0, 0.1) is 29.6 Å². The van der Waals surface area contributed by atoms with Crippen LogP contribution in [0.4, 0.5) is 4.39 Å². The number of unbranched alkanes of at least 4 members (excludes halogenated alkanes) is 2. The minimum atomic E-state index is -2.02. The SMILES string of the molecule is Cc1ncsc1-c1cccc([C@H](CC(=O)NCCOCCOCCOCCC(=O)NCCCCC#Cc2cccc(Cn3c(-c4ccccc4)c(-c4ccccc4)c4c(=N)n(C5CCC(O)CC5)cnc43)c2)NC(=O)[C@@H]2C[C@@H](O)CN2C(=O)C(NC(=O)C2(F)CC2)C(C)(C)C)c1. The van der Waals surface area contributed by atoms with Crippen LogP contribution in [-0.4, -0.2) is 153 Å². The maximum atomic E-state index is 14.8. The molecule has 10 rings (SSSR count). The van der Waals surface area contributed by atoms with Gasteiger partial charge in [0, 0.05) is 62.6 Å². The first-order chi connectivity index (χ1) is 46.3. The van der Waals surface area contributed by atoms with Crippen LogP contribution in [-0.2, 0) is 44.7 Å². The number of alkyl halides is 1. The van der Waals surface area contributed by atoms with E-state index >= 15 is 0 Å². The average Bonchev–Trinajstić information content (AvgIpc) is 1.56. The summed E-state index contributed by atoms with van der Waals surface area (Å²) in [5.74, 6) is 4.14. The summed E-state index contributed by atoms with van der Waals surface area (Å²) in [4.78, 5) is 79.0. The summed E-state index contributed by atoms with van der Waals surface area (Å²) in [5, 5.41) is 43.0. The summed E-state index contributed by atoms with van der Waals surface area (Å²) < 4.78 is 36.0. The predicted molar refractivity (Wildman–Crippen MR) is 366 cm³/mol. The molecule has 1 aliphatic heterocycles. The number of carbonyl (C=O) groups excluding carboxylic acids is 5. The number of β-amino-alcohol motifs (C(OH)–C–C–N with tert-alkyl or cyclic N) is 1. The van der Waals surface area contributed by atoms with E-state index < -0.39 is 53.0 Å². The predicted octanol–water partition coefficient (Wildman–Crippen LogP) is 9.04. The number of benzene rings is 4. The topological polar surface area (TPSA) is 264 Å². The Balaban J connectivity index is 0.617. The number of fused-ring (bicyclic) bond motifs is 1. The third-order valence-corrected chi connectivity index (χ3v) is 18.9. The molecule has 7 N–H and O–H groups in total. The number of rotatable bonds is 30. The summed E-state index contributed by atoms with van der Waals surface area (Å²) in [6.07, 6.45) is 5.89. The number of hydrogen-bond acceptors (Lipinski definition) is 14. The van der Waals surface area contributed by atoms with Crippen molar-refractivity contribution in [3.63, 3.8) is 0 Å². The minimum absolute atomic E-state index is 0.0694. The van der Waals surface area contributed by atoms with Gasteiger partial charge in [-0.1, -0.05) is 124 Å². The van der Waals surface area contributed by atoms with Gasteiger partial charge in [0.25, 0.3) is 5.91 Å². The first kappa shape index (κ1) is 70.4. The number of amides is 5. The molecule has 3 fully saturated rings. The maximum Gasteiger partial charge on any atom is 0.258 e. The molecule has 3 aliphatic rings. The number of aromatic nitrogens is 4. The van der Waals surface area contributed by atoms with Crippen LogP contribution in [0.1, 0.15) is 132 Å². The van der Waals surface area contributed by atoms with Gasteiger partial charge >= 0.3 is 0 Å². The summed E-state index contributed by atoms with van der Waals surface area (Å²) in [6, 6.07) is 33.2. The molecule has 1 saturated heterocycles. The van der Waals surface area contributed by atoms with Crippen molar-refractivity contribution in [2.45, 2.75) is 153 Å². The Morgan fingerprint density at radius 3 is 2.15 bits per heavy atom. The van der Waals surface area contributed by atoms with Crippen molar-refractivity contribution in [1.29, 1.82) is 5.41 Å². The zero-order valence-electron chi connectivity index (χ0n) is 55.3. The Hall–Kier alpha value is -8.43. The van der Waals surface area contributed by atoms with E-state index in [9.17, 15) is 44.0 Å². The van der Waals surface area contributed by atoms with Crippen molar-refractivity contribution in [3.8, 4) is 44.7 Å². The second kappa shape index (κ2) is 33.0. The molecule has 0 bridgehead atoms. The first-order valence-electron chi connectivity index (χ1n) is 33.5. The van der Waals surface area contributed by atoms with Crippen LogP contribution in [0.5, 0.6) is 0 Å². The Kier molecular flexibility index (Phi) is 24.2. The van der Waals surface area contributed by atoms with E-state index in [4.69, 9.17) is 19.2 Å². The molecule has 1 unspecified atom stereocenters. The molecule has 20 nitrogen and oxygen atoms in total. The van der Waals surface area contributed by atoms with Gasteiger partial charge in [-0.05, 0) is 110 Å². The summed E-state index contributed by atoms with van der Waals surface area (Å²) in [6.45, 7) is 9.75. The number of aryl methyl sites for hydroxylation is 1. The van der Waals surface area contributed by atoms with Gasteiger partial charge in [-0.2, -0.15) is 0 Å². The molecule has 4 atom stereocenters. The monoisotopic (exact) mass is 1330 g/mol. The first-order valence-corrected chi connectivity index (χ1v) is 34.3. The van der Waals surface area contributed by atoms with Crippen LogP contribution in [0.2, 0.25) is 0 Å². The molecule has 4 heterocycles. The van der Waals surface area contributed by atoms with E-state index in [0.717, 1.165) is 86.4 Å². The zero-order chi connectivity index (χ0) is 67.8. The highest BCUT2D eigenvalue weighted by Gasteiger charge is 2.53. The van der Waals surface area contributed by atoms with Gasteiger partial charge in [-0.3, -0.25) is 29.4 Å². The highest BCUT2D eigenvalue weighted by Crippen LogP contribution is 2.42. The van der Waals surface area contributed by atoms with E-state index in [0.29, 0.717) is 56.6 Å². The van der Waals surface area contributed by atoms with Gasteiger partial charge in [0.05, 0.1) is 97.8 Å². The summed E-state index contributed by atoms with van der Waals surface area (Å²) >= 11 is 1.47. The largest absolute Gasteiger partial charge is 0.393 e. The molecule has 7 aromatic rings. The van der Waals surface area contributed by atoms with Gasteiger partial charge in [0.2, 0.25) is 23.6 Å². The molecule has 4 aromatic carbocycles. The molecule has 96 heavy (non-hydrogen) atoms. The Morgan fingerprint density at radius 2 is 1.45 bits per heavy atom. The number of ether oxygens (including phenoxy) is 3. The second-order valence-electron chi connectivity index (χ2n) is 26.2. The number of nitrogens with one attached hydrogen (secondary N) is 5. The highest BCUT2D eigenvalue weighted by molar-refractivity contribution is 7.13. The fraction of sp³-hybridized carbons (Fsp3) is 0.459. The molecule has 0 radical (unpaired) electrons. The Labute approximate surface area is 564 Å². The number of thiazole rings is 1. The maximum absolute atomic E-state index is 14.8. The van der Waals surface area contributed by atoms with Gasteiger partial charge in [0.15, 0.2) is 5.67 Å². The van der Waals surface area contributed by atoms with E-state index in [1.807, 2.05) is 84.5 Å². The number of nitrogens with zero attached hydrogens (tertiary/aromatic N) is 5. The van der Waals surface area contributed by atoms with Crippen molar-refractivity contribution in [2.24, 2.45) is 5.41 Å². The number of aliphatic hydroxyl groups is 2. The fourth-order valence-electron chi connectivity index (χ4n) is 12.5. The van der Waals surface area contributed by atoms with Crippen molar-refractivity contribution in [3.05, 3.63) is 149 Å². The van der Waals surface area contributed by atoms with Crippen LogP contribution in [0.25, 0.3) is 43.9 Å². The van der Waals surface area contributed by atoms with Gasteiger partial charge in [-0.25, -0.2) is 14.4 Å². The third-order valence-electron chi connectivity index (χ3n) is 17.9. The average molecular weight is 1330 g/mol. The quantitative estimate of drug-likeness (QED) is 0.0164. The van der Waals surface area contributed by atoms with Crippen molar-refractivity contribution in [2.75, 3.05) is 59.3 Å². The molecular formula is C74H89FN10O10S. The molecule has 5 amide bonds. The van der Waals surface area contributed by atoms with E-state index in [1.54, 1.807) is 32.3 Å². The molecule has 2 aliphatic carbocycles. The number of carbonyl (C=O) groups is 5. The van der Waals surface area contributed by atoms with Gasteiger partial charge in [0.1, 0.15) is 23.2 Å². The van der Waals surface area contributed by atoms with Crippen LogP contribution in [0.3, 0.4) is 0 Å². The lowest BCUT2D eigenvalue weighted by Gasteiger charge is -2.36. The molecule has 0 spiro atoms. The lowest BCUT2D eigenvalue weighted by Crippen LogP contribution is -2.59. The van der Waals surface area contributed by atoms with Crippen molar-refractivity contribution in [1.82, 2.24) is 45.3 Å². The fourth-order valence-corrected chi connectivity index (χ4v) is 13.3. The molecular weight excluding hydrogens is 1240 g/mol. The van der Waals surface area contributed by atoms with E-state index in [1.165, 1.54) is 16.2 Å². The van der Waals surface area contributed by atoms with Crippen molar-refractivity contribution >= 4 is 51.9 Å². The standard InChI is InChI=1S/C74H89FN10O10S/c1-49-66(96-48-80-49)55-25-16-24-54(42-55)59(81-70(90)60-43-58(87)46-83(60)71(91)67(73(2,3)4)82-72(92)74(75)31-32-74)44-62(89)78-34-36-94-38-40-95-39-37-93-35-30-61(88)77-33-14-6-5-9-17-50-18-15-19-51(41-50)45-84-65(53-22-12-8-13-23-53)63(52-20-10-7-11-21-52)64-68(76)85(47-79-69(64)84)56-26-28-57(86)29-27-56/h7-8,10-13,15-16,18-25,41-42,47-48,56-60,67,76,86-87H,5-6,14,26-40,43-46H2,1-4H3,(H,77,88)(H,78,89)(H,81,90)(H,82,92)/t56?,57?,58-,59+,60+,67?/m1/s1. The molecule has 508 valence electrons. The molecule has 2 saturated carbocycles.